The zero-order chi connectivity index (χ0) is 25.2. The second kappa shape index (κ2) is 16.8. The first-order chi connectivity index (χ1) is 17.4. The van der Waals surface area contributed by atoms with Crippen LogP contribution in [0.4, 0.5) is 0 Å². The first kappa shape index (κ1) is 38.5. The van der Waals surface area contributed by atoms with Crippen LogP contribution in [0.1, 0.15) is 34.7 Å². The van der Waals surface area contributed by atoms with Crippen LogP contribution in [0.5, 0.6) is 17.4 Å². The summed E-state index contributed by atoms with van der Waals surface area (Å²) in [6.07, 6.45) is 0. The van der Waals surface area contributed by atoms with Gasteiger partial charge in [0.25, 0.3) is 0 Å². The molecule has 41 heavy (non-hydrogen) atoms. The van der Waals surface area contributed by atoms with Crippen molar-refractivity contribution in [1.82, 2.24) is 15.0 Å². The molecule has 0 aliphatic carbocycles. The van der Waals surface area contributed by atoms with E-state index in [0.717, 1.165) is 36.2 Å². The van der Waals surface area contributed by atoms with E-state index in [2.05, 4.69) is 19.9 Å². The number of aromatic nitrogens is 3. The number of nitrogens with zero attached hydrogens (tertiary/aromatic N) is 4. The fraction of sp³-hybridized carbons (Fsp3) is 0.296. The van der Waals surface area contributed by atoms with Crippen LogP contribution in [-0.4, -0.2) is 85.2 Å². The molecule has 0 spiro atoms. The number of carboxylic acids is 1. The number of carbonyl (C=O) groups is 1. The number of aromatic hydroxyl groups is 1. The molecule has 5 aromatic rings. The SMILES string of the molecule is C.C.C.C.COc1ccc2nc(-c3nc(OC)cs3)sc2c1.O=C(O)C1CSC(c2nc3ccc(O)cc3s2)=N1.[Mg+2]. The van der Waals surface area contributed by atoms with Gasteiger partial charge in [-0.05, 0) is 36.4 Å². The van der Waals surface area contributed by atoms with E-state index in [1.165, 1.54) is 34.4 Å². The van der Waals surface area contributed by atoms with Gasteiger partial charge in [-0.15, -0.1) is 45.8 Å². The molecule has 0 fully saturated rings. The molecule has 0 amide bonds. The van der Waals surface area contributed by atoms with Crippen LogP contribution >= 0.6 is 45.8 Å². The molecule has 1 aliphatic heterocycles. The molecular weight excluding hydrogens is 613 g/mol. The Morgan fingerprint density at radius 3 is 2.12 bits per heavy atom. The molecule has 2 aromatic carbocycles. The molecule has 1 aliphatic rings. The Hall–Kier alpha value is -2.49. The van der Waals surface area contributed by atoms with Gasteiger partial charge >= 0.3 is 29.0 Å². The quantitative estimate of drug-likeness (QED) is 0.186. The number of aliphatic imine (C=N–C) groups is 1. The summed E-state index contributed by atoms with van der Waals surface area (Å²) in [6.45, 7) is 0. The number of methoxy groups -OCH3 is 2. The number of thiazole rings is 3. The van der Waals surface area contributed by atoms with Crippen molar-refractivity contribution in [1.29, 1.82) is 0 Å². The van der Waals surface area contributed by atoms with E-state index in [1.54, 1.807) is 43.8 Å². The standard InChI is InChI=1S/C12H10N2O2S2.C11H8N2O3S2.4CH4.Mg/c1-15-7-3-4-8-9(5-7)18-12(13-8)11-14-10(16-2)6-17-11;14-5-1-2-6-8(3-5)18-10(12-6)9-13-7(4-17-9)11(15)16;;;;;/h3-6H,1-2H3;1-3,7,14H,4H2,(H,15,16);4*1H4;/q;;;;;;+2. The minimum Gasteiger partial charge on any atom is -0.508 e. The van der Waals surface area contributed by atoms with E-state index in [0.29, 0.717) is 21.7 Å². The van der Waals surface area contributed by atoms with Gasteiger partial charge in [0, 0.05) is 5.75 Å². The van der Waals surface area contributed by atoms with Crippen molar-refractivity contribution >= 4 is 100 Å². The Bertz CT molecular complexity index is 1600. The van der Waals surface area contributed by atoms with Gasteiger partial charge in [0.2, 0.25) is 5.88 Å². The molecule has 14 heteroatoms. The monoisotopic (exact) mass is 646 g/mol. The number of thioether (sulfide) groups is 1. The Morgan fingerprint density at radius 1 is 0.878 bits per heavy atom. The molecule has 4 heterocycles. The minimum atomic E-state index is -0.906. The normalized spacial score (nSPS) is 13.1. The Labute approximate surface area is 272 Å². The van der Waals surface area contributed by atoms with Gasteiger partial charge in [-0.25, -0.2) is 14.8 Å². The maximum absolute atomic E-state index is 10.8. The zero-order valence-electron chi connectivity index (χ0n) is 19.6. The molecule has 216 valence electrons. The number of fused-ring (bicyclic) bond motifs is 2. The molecule has 1 unspecified atom stereocenters. The van der Waals surface area contributed by atoms with Crippen molar-refractivity contribution in [2.24, 2.45) is 4.99 Å². The van der Waals surface area contributed by atoms with Crippen LogP contribution in [0.15, 0.2) is 46.8 Å². The van der Waals surface area contributed by atoms with E-state index in [-0.39, 0.29) is 58.5 Å². The number of phenolic OH excluding ortho intramolecular Hbond substituents is 1. The maximum atomic E-state index is 10.8. The number of phenols is 1. The number of rotatable bonds is 5. The number of carboxylic acid groups (broad SMARTS) is 1. The number of hydrogen-bond acceptors (Lipinski definition) is 12. The van der Waals surface area contributed by atoms with Gasteiger partial charge < -0.3 is 19.7 Å². The molecular formula is C27H34MgN4O5S4+2. The number of benzene rings is 2. The number of hydrogen-bond donors (Lipinski definition) is 2. The van der Waals surface area contributed by atoms with Crippen LogP contribution in [-0.2, 0) is 4.79 Å². The summed E-state index contributed by atoms with van der Waals surface area (Å²) in [6, 6.07) is 10.1. The first-order valence-corrected chi connectivity index (χ1v) is 13.9. The summed E-state index contributed by atoms with van der Waals surface area (Å²) in [5, 5.41) is 23.3. The van der Waals surface area contributed by atoms with Crippen LogP contribution < -0.4 is 9.47 Å². The molecule has 1 atom stereocenters. The molecule has 0 saturated carbocycles. The van der Waals surface area contributed by atoms with Crippen molar-refractivity contribution < 1.29 is 24.5 Å². The van der Waals surface area contributed by atoms with Crippen LogP contribution in [0.2, 0.25) is 0 Å². The van der Waals surface area contributed by atoms with E-state index < -0.39 is 12.0 Å². The molecule has 0 bridgehead atoms. The summed E-state index contributed by atoms with van der Waals surface area (Å²) in [5.74, 6) is 1.21. The Morgan fingerprint density at radius 2 is 1.51 bits per heavy atom. The first-order valence-electron chi connectivity index (χ1n) is 10.4. The van der Waals surface area contributed by atoms with Crippen molar-refractivity contribution in [3.05, 3.63) is 46.8 Å². The topological polar surface area (TPSA) is 127 Å². The zero-order valence-corrected chi connectivity index (χ0v) is 24.3. The maximum Gasteiger partial charge on any atom is 2.00 e. The average Bonchev–Trinajstić information content (AvgIpc) is 3.67. The second-order valence-electron chi connectivity index (χ2n) is 7.32. The third kappa shape index (κ3) is 8.75. The van der Waals surface area contributed by atoms with Crippen LogP contribution in [0, 0.1) is 0 Å². The summed E-state index contributed by atoms with van der Waals surface area (Å²) in [4.78, 5) is 28.3. The van der Waals surface area contributed by atoms with Gasteiger partial charge in [-0.2, -0.15) is 4.98 Å². The molecule has 6 rings (SSSR count). The number of aliphatic carboxylic acids is 1. The predicted octanol–water partition coefficient (Wildman–Crippen LogP) is 7.55. The third-order valence-corrected chi connectivity index (χ3v) is 9.15. The molecule has 3 aromatic heterocycles. The predicted molar refractivity (Wildman–Crippen MR) is 178 cm³/mol. The molecule has 0 radical (unpaired) electrons. The smallest absolute Gasteiger partial charge is 0.508 e. The fourth-order valence-electron chi connectivity index (χ4n) is 3.20. The second-order valence-corrected chi connectivity index (χ2v) is 11.2. The number of ether oxygens (including phenoxy) is 2. The van der Waals surface area contributed by atoms with Gasteiger partial charge in [0.05, 0.1) is 40.0 Å². The minimum absolute atomic E-state index is 0. The van der Waals surface area contributed by atoms with Crippen molar-refractivity contribution in [2.45, 2.75) is 35.7 Å². The Kier molecular flexibility index (Phi) is 15.8. The summed E-state index contributed by atoms with van der Waals surface area (Å²) in [7, 11) is 3.27. The summed E-state index contributed by atoms with van der Waals surface area (Å²) in [5.41, 5.74) is 1.75. The third-order valence-electron chi connectivity index (χ3n) is 4.96. The van der Waals surface area contributed by atoms with Crippen LogP contribution in [0.3, 0.4) is 0 Å². The average molecular weight is 647 g/mol. The van der Waals surface area contributed by atoms with Gasteiger partial charge in [0.15, 0.2) is 16.1 Å². The molecule has 0 saturated heterocycles. The fourth-order valence-corrected chi connectivity index (χ4v) is 7.09. The van der Waals surface area contributed by atoms with E-state index in [4.69, 9.17) is 14.6 Å². The van der Waals surface area contributed by atoms with Crippen molar-refractivity contribution in [3.8, 4) is 27.4 Å². The van der Waals surface area contributed by atoms with E-state index >= 15 is 0 Å². The van der Waals surface area contributed by atoms with Gasteiger partial charge in [0.1, 0.15) is 21.6 Å². The van der Waals surface area contributed by atoms with E-state index in [9.17, 15) is 9.90 Å². The Balaban J connectivity index is 0.000000696. The largest absolute Gasteiger partial charge is 2.00 e. The summed E-state index contributed by atoms with van der Waals surface area (Å²) >= 11 is 5.95. The van der Waals surface area contributed by atoms with Gasteiger partial charge in [-0.3, -0.25) is 4.99 Å². The molecule has 9 nitrogen and oxygen atoms in total. The molecule has 2 N–H and O–H groups in total. The van der Waals surface area contributed by atoms with Crippen molar-refractivity contribution in [3.63, 3.8) is 0 Å². The van der Waals surface area contributed by atoms with Crippen LogP contribution in [0.25, 0.3) is 30.4 Å². The van der Waals surface area contributed by atoms with E-state index in [1.807, 2.05) is 23.6 Å². The summed E-state index contributed by atoms with van der Waals surface area (Å²) < 4.78 is 12.3. The van der Waals surface area contributed by atoms with Gasteiger partial charge in [-0.1, -0.05) is 29.7 Å². The van der Waals surface area contributed by atoms with Crippen molar-refractivity contribution in [2.75, 3.05) is 20.0 Å².